The van der Waals surface area contributed by atoms with Gasteiger partial charge in [-0.1, -0.05) is 12.1 Å². The van der Waals surface area contributed by atoms with Gasteiger partial charge >= 0.3 is 0 Å². The number of hydrogen-bond donors (Lipinski definition) is 1. The van der Waals surface area contributed by atoms with Crippen LogP contribution in [0.15, 0.2) is 53.4 Å². The first-order valence-corrected chi connectivity index (χ1v) is 10.8. The zero-order valence-corrected chi connectivity index (χ0v) is 18.2. The number of halogens is 1. The number of rotatable bonds is 8. The fraction of sp³-hybridized carbons (Fsp3) is 0.381. The van der Waals surface area contributed by atoms with Crippen molar-refractivity contribution in [3.05, 3.63) is 65.5 Å². The second-order valence-corrected chi connectivity index (χ2v) is 9.38. The van der Waals surface area contributed by atoms with E-state index in [2.05, 4.69) is 5.32 Å². The molecule has 0 aliphatic rings. The van der Waals surface area contributed by atoms with Gasteiger partial charge in [0, 0.05) is 25.2 Å². The summed E-state index contributed by atoms with van der Waals surface area (Å²) in [5, 5.41) is 2.83. The van der Waals surface area contributed by atoms with E-state index in [4.69, 9.17) is 0 Å². The predicted octanol–water partition coefficient (Wildman–Crippen LogP) is 2.89. The van der Waals surface area contributed by atoms with E-state index in [0.29, 0.717) is 5.56 Å². The number of nitrogens with zero attached hydrogens (tertiary/aromatic N) is 2. The third-order valence-electron chi connectivity index (χ3n) is 4.83. The number of benzene rings is 2. The zero-order valence-electron chi connectivity index (χ0n) is 17.4. The Kier molecular flexibility index (Phi) is 7.51. The zero-order chi connectivity index (χ0) is 21.8. The maximum Gasteiger partial charge on any atom is 0.251 e. The third kappa shape index (κ3) is 5.62. The number of hydrogen-bond acceptors (Lipinski definition) is 4. The van der Waals surface area contributed by atoms with Crippen molar-refractivity contribution in [1.82, 2.24) is 14.5 Å². The van der Waals surface area contributed by atoms with Crippen molar-refractivity contribution in [1.29, 1.82) is 0 Å². The van der Waals surface area contributed by atoms with Crippen LogP contribution >= 0.6 is 0 Å². The molecule has 8 heteroatoms. The molecule has 0 unspecified atom stereocenters. The van der Waals surface area contributed by atoms with Crippen LogP contribution in [-0.4, -0.2) is 57.3 Å². The highest BCUT2D eigenvalue weighted by Crippen LogP contribution is 2.19. The summed E-state index contributed by atoms with van der Waals surface area (Å²) in [6.07, 6.45) is 0. The van der Waals surface area contributed by atoms with Gasteiger partial charge in [0.05, 0.1) is 10.9 Å². The minimum absolute atomic E-state index is 0.135. The Morgan fingerprint density at radius 3 is 2.21 bits per heavy atom. The molecule has 29 heavy (non-hydrogen) atoms. The van der Waals surface area contributed by atoms with E-state index in [1.165, 1.54) is 47.8 Å². The summed E-state index contributed by atoms with van der Waals surface area (Å²) in [7, 11) is 1.63. The van der Waals surface area contributed by atoms with Crippen molar-refractivity contribution in [2.75, 3.05) is 27.7 Å². The molecule has 1 N–H and O–H groups in total. The SMILES string of the molecule is CC(C)N(C)S(=O)(=O)c1ccc(C(=O)NC[C@@H](c2cccc(F)c2)N(C)C)cc1. The number of sulfonamides is 1. The lowest BCUT2D eigenvalue weighted by molar-refractivity contribution is 0.0942. The minimum atomic E-state index is -3.60. The van der Waals surface area contributed by atoms with Crippen LogP contribution in [0, 0.1) is 5.82 Å². The van der Waals surface area contributed by atoms with Gasteiger partial charge in [-0.15, -0.1) is 0 Å². The van der Waals surface area contributed by atoms with Gasteiger partial charge in [-0.3, -0.25) is 4.79 Å². The van der Waals surface area contributed by atoms with E-state index in [1.54, 1.807) is 19.9 Å². The highest BCUT2D eigenvalue weighted by atomic mass is 32.2. The van der Waals surface area contributed by atoms with Crippen LogP contribution in [0.3, 0.4) is 0 Å². The third-order valence-corrected chi connectivity index (χ3v) is 6.88. The number of amides is 1. The van der Waals surface area contributed by atoms with Crippen LogP contribution in [0.1, 0.15) is 35.8 Å². The first-order valence-electron chi connectivity index (χ1n) is 9.32. The molecule has 2 rings (SSSR count). The quantitative estimate of drug-likeness (QED) is 0.712. The molecule has 0 radical (unpaired) electrons. The summed E-state index contributed by atoms with van der Waals surface area (Å²) >= 11 is 0. The van der Waals surface area contributed by atoms with Gasteiger partial charge in [0.1, 0.15) is 5.82 Å². The molecule has 0 spiro atoms. The van der Waals surface area contributed by atoms with Crippen molar-refractivity contribution in [2.45, 2.75) is 30.8 Å². The largest absolute Gasteiger partial charge is 0.350 e. The predicted molar refractivity (Wildman–Crippen MR) is 112 cm³/mol. The molecule has 0 fully saturated rings. The maximum atomic E-state index is 13.5. The standard InChI is InChI=1S/C21H28FN3O3S/c1-15(2)25(5)29(27,28)19-11-9-16(10-12-19)21(26)23-14-20(24(3)4)17-7-6-8-18(22)13-17/h6-13,15,20H,14H2,1-5H3,(H,23,26)/t20-/m0/s1. The maximum absolute atomic E-state index is 13.5. The molecule has 6 nitrogen and oxygen atoms in total. The summed E-state index contributed by atoms with van der Waals surface area (Å²) in [6, 6.07) is 11.7. The molecule has 0 heterocycles. The lowest BCUT2D eigenvalue weighted by Crippen LogP contribution is -2.35. The van der Waals surface area contributed by atoms with Crippen molar-refractivity contribution >= 4 is 15.9 Å². The Hall–Kier alpha value is -2.29. The number of carbonyl (C=O) groups excluding carboxylic acids is 1. The van der Waals surface area contributed by atoms with E-state index in [9.17, 15) is 17.6 Å². The topological polar surface area (TPSA) is 69.7 Å². The summed E-state index contributed by atoms with van der Waals surface area (Å²) in [6.45, 7) is 3.86. The molecule has 1 amide bonds. The summed E-state index contributed by atoms with van der Waals surface area (Å²) in [5.41, 5.74) is 1.11. The fourth-order valence-electron chi connectivity index (χ4n) is 2.83. The lowest BCUT2D eigenvalue weighted by Gasteiger charge is -2.25. The Morgan fingerprint density at radius 2 is 1.69 bits per heavy atom. The van der Waals surface area contributed by atoms with Crippen molar-refractivity contribution in [3.8, 4) is 0 Å². The van der Waals surface area contributed by atoms with Crippen molar-refractivity contribution in [3.63, 3.8) is 0 Å². The summed E-state index contributed by atoms with van der Waals surface area (Å²) < 4.78 is 39.9. The molecular weight excluding hydrogens is 393 g/mol. The molecule has 0 aliphatic heterocycles. The van der Waals surface area contributed by atoms with E-state index in [0.717, 1.165) is 5.56 Å². The highest BCUT2D eigenvalue weighted by Gasteiger charge is 2.23. The Bertz CT molecular complexity index is 944. The molecule has 0 aromatic heterocycles. The summed E-state index contributed by atoms with van der Waals surface area (Å²) in [5.74, 6) is -0.654. The van der Waals surface area contributed by atoms with Gasteiger partial charge in [-0.05, 0) is 69.9 Å². The highest BCUT2D eigenvalue weighted by molar-refractivity contribution is 7.89. The van der Waals surface area contributed by atoms with E-state index < -0.39 is 10.0 Å². The second kappa shape index (κ2) is 9.47. The smallest absolute Gasteiger partial charge is 0.251 e. The molecule has 158 valence electrons. The van der Waals surface area contributed by atoms with Crippen LogP contribution in [0.4, 0.5) is 4.39 Å². The lowest BCUT2D eigenvalue weighted by atomic mass is 10.1. The molecule has 0 aliphatic carbocycles. The average molecular weight is 422 g/mol. The first-order chi connectivity index (χ1) is 13.5. The first kappa shape index (κ1) is 23.0. The molecule has 0 bridgehead atoms. The molecule has 0 saturated heterocycles. The van der Waals surface area contributed by atoms with Crippen LogP contribution in [0.5, 0.6) is 0 Å². The monoisotopic (exact) mass is 421 g/mol. The van der Waals surface area contributed by atoms with Gasteiger partial charge in [-0.2, -0.15) is 4.31 Å². The number of likely N-dealkylation sites (N-methyl/N-ethyl adjacent to an activating group) is 1. The summed E-state index contributed by atoms with van der Waals surface area (Å²) in [4.78, 5) is 14.5. The van der Waals surface area contributed by atoms with Gasteiger partial charge in [0.25, 0.3) is 5.91 Å². The molecule has 1 atom stereocenters. The van der Waals surface area contributed by atoms with Gasteiger partial charge < -0.3 is 10.2 Å². The van der Waals surface area contributed by atoms with Crippen molar-refractivity contribution in [2.24, 2.45) is 0 Å². The van der Waals surface area contributed by atoms with Crippen LogP contribution in [0.25, 0.3) is 0 Å². The minimum Gasteiger partial charge on any atom is -0.350 e. The van der Waals surface area contributed by atoms with Gasteiger partial charge in [-0.25, -0.2) is 12.8 Å². The molecular formula is C21H28FN3O3S. The number of nitrogens with one attached hydrogen (secondary N) is 1. The second-order valence-electron chi connectivity index (χ2n) is 7.38. The molecule has 2 aromatic rings. The Labute approximate surface area is 172 Å². The van der Waals surface area contributed by atoms with E-state index in [-0.39, 0.29) is 35.2 Å². The normalized spacial score (nSPS) is 13.1. The van der Waals surface area contributed by atoms with Crippen LogP contribution < -0.4 is 5.32 Å². The average Bonchev–Trinajstić information content (AvgIpc) is 2.67. The molecule has 2 aromatic carbocycles. The molecule has 0 saturated carbocycles. The van der Waals surface area contributed by atoms with Gasteiger partial charge in [0.15, 0.2) is 0 Å². The van der Waals surface area contributed by atoms with Crippen LogP contribution in [0.2, 0.25) is 0 Å². The fourth-order valence-corrected chi connectivity index (χ4v) is 4.19. The Balaban J connectivity index is 2.11. The number of carbonyl (C=O) groups is 1. The Morgan fingerprint density at radius 1 is 1.07 bits per heavy atom. The van der Waals surface area contributed by atoms with E-state index >= 15 is 0 Å². The van der Waals surface area contributed by atoms with Crippen LogP contribution in [-0.2, 0) is 10.0 Å². The van der Waals surface area contributed by atoms with Crippen molar-refractivity contribution < 1.29 is 17.6 Å². The van der Waals surface area contributed by atoms with Gasteiger partial charge in [0.2, 0.25) is 10.0 Å². The van der Waals surface area contributed by atoms with E-state index in [1.807, 2.05) is 25.1 Å².